The number of benzene rings is 1. The Morgan fingerprint density at radius 1 is 1.33 bits per heavy atom. The molecule has 3 rings (SSSR count). The molecule has 21 heavy (non-hydrogen) atoms. The lowest BCUT2D eigenvalue weighted by atomic mass is 9.64. The molecule has 1 aromatic heterocycles. The van der Waals surface area contributed by atoms with E-state index in [0.29, 0.717) is 12.1 Å². The fraction of sp³-hybridized carbons (Fsp3) is 0.500. The third-order valence-electron chi connectivity index (χ3n) is 4.77. The molecule has 0 bridgehead atoms. The Labute approximate surface area is 126 Å². The van der Waals surface area contributed by atoms with Gasteiger partial charge in [0.2, 0.25) is 0 Å². The molecule has 112 valence electrons. The van der Waals surface area contributed by atoms with E-state index in [1.807, 2.05) is 6.07 Å². The van der Waals surface area contributed by atoms with Gasteiger partial charge in [-0.25, -0.2) is 4.98 Å². The number of aryl methyl sites for hydroxylation is 1. The summed E-state index contributed by atoms with van der Waals surface area (Å²) in [7, 11) is 0. The van der Waals surface area contributed by atoms with Crippen LogP contribution in [0.25, 0.3) is 10.9 Å². The molecule has 1 aliphatic carbocycles. The second-order valence-electron chi connectivity index (χ2n) is 6.54. The first-order chi connectivity index (χ1) is 10.0. The maximum absolute atomic E-state index is 5.80. The molecule has 0 saturated heterocycles. The summed E-state index contributed by atoms with van der Waals surface area (Å²) in [4.78, 5) is 4.78. The van der Waals surface area contributed by atoms with E-state index in [2.05, 4.69) is 57.3 Å². The van der Waals surface area contributed by atoms with E-state index < -0.39 is 0 Å². The minimum Gasteiger partial charge on any atom is -0.378 e. The van der Waals surface area contributed by atoms with Crippen LogP contribution in [0.3, 0.4) is 0 Å². The number of nitrogens with zero attached hydrogens (tertiary/aromatic N) is 1. The minimum atomic E-state index is 0.149. The average Bonchev–Trinajstić information content (AvgIpc) is 2.46. The van der Waals surface area contributed by atoms with Crippen LogP contribution in [0.15, 0.2) is 30.3 Å². The highest BCUT2D eigenvalue weighted by atomic mass is 16.5. The van der Waals surface area contributed by atoms with Gasteiger partial charge in [0.05, 0.1) is 11.6 Å². The first-order valence-corrected chi connectivity index (χ1v) is 7.77. The third kappa shape index (κ3) is 2.51. The number of nitrogens with one attached hydrogen (secondary N) is 1. The van der Waals surface area contributed by atoms with E-state index in [9.17, 15) is 0 Å². The van der Waals surface area contributed by atoms with Crippen molar-refractivity contribution in [2.24, 2.45) is 5.41 Å². The SMILES string of the molecule is CCOC1CC(Nc2nc3ccccc3cc2C)C1(C)C. The van der Waals surface area contributed by atoms with Gasteiger partial charge in [-0.15, -0.1) is 0 Å². The highest BCUT2D eigenvalue weighted by Gasteiger charge is 2.49. The van der Waals surface area contributed by atoms with E-state index >= 15 is 0 Å². The fourth-order valence-corrected chi connectivity index (χ4v) is 3.15. The molecule has 2 atom stereocenters. The Hall–Kier alpha value is -1.61. The van der Waals surface area contributed by atoms with Gasteiger partial charge >= 0.3 is 0 Å². The normalized spacial score (nSPS) is 23.8. The second kappa shape index (κ2) is 5.30. The monoisotopic (exact) mass is 284 g/mol. The van der Waals surface area contributed by atoms with Gasteiger partial charge in [-0.3, -0.25) is 0 Å². The van der Waals surface area contributed by atoms with Gasteiger partial charge in [0, 0.05) is 23.4 Å². The van der Waals surface area contributed by atoms with Gasteiger partial charge in [-0.05, 0) is 38.0 Å². The van der Waals surface area contributed by atoms with Crippen LogP contribution in [0.4, 0.5) is 5.82 Å². The Bertz CT molecular complexity index is 651. The topological polar surface area (TPSA) is 34.1 Å². The summed E-state index contributed by atoms with van der Waals surface area (Å²) in [6.45, 7) is 9.50. The van der Waals surface area contributed by atoms with Crippen molar-refractivity contribution in [1.82, 2.24) is 4.98 Å². The van der Waals surface area contributed by atoms with Crippen LogP contribution in [0.1, 0.15) is 32.8 Å². The molecule has 3 nitrogen and oxygen atoms in total. The number of para-hydroxylation sites is 1. The summed E-state index contributed by atoms with van der Waals surface area (Å²) in [5.41, 5.74) is 2.39. The van der Waals surface area contributed by atoms with Crippen molar-refractivity contribution in [2.45, 2.75) is 46.3 Å². The number of anilines is 1. The Kier molecular flexibility index (Phi) is 3.62. The molecule has 0 aliphatic heterocycles. The smallest absolute Gasteiger partial charge is 0.129 e. The summed E-state index contributed by atoms with van der Waals surface area (Å²) in [5, 5.41) is 4.82. The van der Waals surface area contributed by atoms with Crippen molar-refractivity contribution in [1.29, 1.82) is 0 Å². The molecule has 0 amide bonds. The van der Waals surface area contributed by atoms with E-state index in [0.717, 1.165) is 24.4 Å². The summed E-state index contributed by atoms with van der Waals surface area (Å²) < 4.78 is 5.80. The van der Waals surface area contributed by atoms with Crippen molar-refractivity contribution in [3.05, 3.63) is 35.9 Å². The van der Waals surface area contributed by atoms with Gasteiger partial charge in [0.25, 0.3) is 0 Å². The largest absolute Gasteiger partial charge is 0.378 e. The van der Waals surface area contributed by atoms with Crippen molar-refractivity contribution in [3.63, 3.8) is 0 Å². The van der Waals surface area contributed by atoms with Crippen LogP contribution in [-0.2, 0) is 4.74 Å². The zero-order valence-corrected chi connectivity index (χ0v) is 13.3. The number of fused-ring (bicyclic) bond motifs is 1. The lowest BCUT2D eigenvalue weighted by Crippen LogP contribution is -2.58. The molecule has 1 saturated carbocycles. The van der Waals surface area contributed by atoms with Crippen LogP contribution >= 0.6 is 0 Å². The van der Waals surface area contributed by atoms with Crippen molar-refractivity contribution in [2.75, 3.05) is 11.9 Å². The highest BCUT2D eigenvalue weighted by molar-refractivity contribution is 5.81. The van der Waals surface area contributed by atoms with Crippen molar-refractivity contribution >= 4 is 16.7 Å². The Balaban J connectivity index is 1.81. The Morgan fingerprint density at radius 3 is 2.81 bits per heavy atom. The summed E-state index contributed by atoms with van der Waals surface area (Å²) in [6.07, 6.45) is 1.40. The summed E-state index contributed by atoms with van der Waals surface area (Å²) in [6, 6.07) is 10.9. The molecule has 3 heteroatoms. The molecule has 1 fully saturated rings. The summed E-state index contributed by atoms with van der Waals surface area (Å²) >= 11 is 0. The number of pyridine rings is 1. The van der Waals surface area contributed by atoms with Crippen LogP contribution in [0.5, 0.6) is 0 Å². The molecule has 2 unspecified atom stereocenters. The minimum absolute atomic E-state index is 0.149. The fourth-order valence-electron chi connectivity index (χ4n) is 3.15. The third-order valence-corrected chi connectivity index (χ3v) is 4.77. The molecule has 0 radical (unpaired) electrons. The van der Waals surface area contributed by atoms with E-state index in [1.54, 1.807) is 0 Å². The quantitative estimate of drug-likeness (QED) is 0.915. The van der Waals surface area contributed by atoms with E-state index in [-0.39, 0.29) is 5.41 Å². The number of ether oxygens (including phenoxy) is 1. The zero-order valence-electron chi connectivity index (χ0n) is 13.3. The maximum Gasteiger partial charge on any atom is 0.129 e. The number of rotatable bonds is 4. The number of hydrogen-bond donors (Lipinski definition) is 1. The molecular weight excluding hydrogens is 260 g/mol. The predicted molar refractivity (Wildman–Crippen MR) is 87.7 cm³/mol. The predicted octanol–water partition coefficient (Wildman–Crippen LogP) is 4.16. The van der Waals surface area contributed by atoms with Gasteiger partial charge in [-0.2, -0.15) is 0 Å². The molecule has 2 aromatic rings. The maximum atomic E-state index is 5.80. The van der Waals surface area contributed by atoms with Crippen LogP contribution in [-0.4, -0.2) is 23.7 Å². The zero-order chi connectivity index (χ0) is 15.0. The van der Waals surface area contributed by atoms with E-state index in [4.69, 9.17) is 9.72 Å². The molecule has 0 spiro atoms. The molecule has 1 heterocycles. The van der Waals surface area contributed by atoms with Crippen molar-refractivity contribution in [3.8, 4) is 0 Å². The van der Waals surface area contributed by atoms with Gasteiger partial charge in [0.15, 0.2) is 0 Å². The first kappa shape index (κ1) is 14.3. The lowest BCUT2D eigenvalue weighted by molar-refractivity contribution is -0.0976. The lowest BCUT2D eigenvalue weighted by Gasteiger charge is -2.52. The van der Waals surface area contributed by atoms with E-state index in [1.165, 1.54) is 10.9 Å². The molecule has 1 aliphatic rings. The highest BCUT2D eigenvalue weighted by Crippen LogP contribution is 2.44. The molecular formula is C18H24N2O. The first-order valence-electron chi connectivity index (χ1n) is 7.77. The second-order valence-corrected chi connectivity index (χ2v) is 6.54. The van der Waals surface area contributed by atoms with Gasteiger partial charge in [0.1, 0.15) is 5.82 Å². The number of hydrogen-bond acceptors (Lipinski definition) is 3. The molecule has 1 N–H and O–H groups in total. The number of aromatic nitrogens is 1. The summed E-state index contributed by atoms with van der Waals surface area (Å²) in [5.74, 6) is 1.00. The van der Waals surface area contributed by atoms with Gasteiger partial charge < -0.3 is 10.1 Å². The van der Waals surface area contributed by atoms with Gasteiger partial charge in [-0.1, -0.05) is 32.0 Å². The van der Waals surface area contributed by atoms with Crippen LogP contribution < -0.4 is 5.32 Å². The van der Waals surface area contributed by atoms with Crippen LogP contribution in [0, 0.1) is 12.3 Å². The molecule has 1 aromatic carbocycles. The Morgan fingerprint density at radius 2 is 2.10 bits per heavy atom. The average molecular weight is 284 g/mol. The van der Waals surface area contributed by atoms with Crippen LogP contribution in [0.2, 0.25) is 0 Å². The standard InChI is InChI=1S/C18H24N2O/c1-5-21-16-11-15(18(16,3)4)20-17-12(2)10-13-8-6-7-9-14(13)19-17/h6-10,15-16H,5,11H2,1-4H3,(H,19,20). The van der Waals surface area contributed by atoms with Crippen molar-refractivity contribution < 1.29 is 4.74 Å².